The molecule has 0 aliphatic carbocycles. The van der Waals surface area contributed by atoms with Crippen molar-refractivity contribution in [2.45, 2.75) is 6.92 Å². The second-order valence-corrected chi connectivity index (χ2v) is 6.74. The molecular formula is C23H17N3O4. The number of nitrogens with zero attached hydrogens (tertiary/aromatic N) is 3. The third kappa shape index (κ3) is 4.00. The topological polar surface area (TPSA) is 95.2 Å². The van der Waals surface area contributed by atoms with Crippen LogP contribution in [0.25, 0.3) is 22.3 Å². The zero-order valence-electron chi connectivity index (χ0n) is 16.1. The standard InChI is InChI=1S/C23H17N3O4/c1-15-6-7-17(12-22(15)26(28)29)23(27)14-30-18-10-8-16(9-11-18)21-13-24-19-4-2-3-5-20(19)25-21/h2-13H,14H2,1H3. The van der Waals surface area contributed by atoms with E-state index in [4.69, 9.17) is 4.74 Å². The summed E-state index contributed by atoms with van der Waals surface area (Å²) >= 11 is 0. The lowest BCUT2D eigenvalue weighted by Crippen LogP contribution is -2.12. The van der Waals surface area contributed by atoms with Gasteiger partial charge in [-0.3, -0.25) is 19.9 Å². The molecule has 4 aromatic rings. The molecule has 0 radical (unpaired) electrons. The first kappa shape index (κ1) is 19.2. The van der Waals surface area contributed by atoms with Crippen LogP contribution in [0.15, 0.2) is 72.9 Å². The van der Waals surface area contributed by atoms with Gasteiger partial charge in [-0.25, -0.2) is 4.98 Å². The average molecular weight is 399 g/mol. The van der Waals surface area contributed by atoms with Gasteiger partial charge in [0.15, 0.2) is 12.4 Å². The molecule has 0 saturated heterocycles. The van der Waals surface area contributed by atoms with Crippen LogP contribution >= 0.6 is 0 Å². The second-order valence-electron chi connectivity index (χ2n) is 6.74. The van der Waals surface area contributed by atoms with Crippen molar-refractivity contribution in [2.24, 2.45) is 0 Å². The zero-order chi connectivity index (χ0) is 21.1. The molecule has 0 aliphatic rings. The van der Waals surface area contributed by atoms with Crippen molar-refractivity contribution in [2.75, 3.05) is 6.61 Å². The Morgan fingerprint density at radius 2 is 1.77 bits per heavy atom. The van der Waals surface area contributed by atoms with E-state index in [-0.39, 0.29) is 23.6 Å². The van der Waals surface area contributed by atoms with Crippen LogP contribution in [0.2, 0.25) is 0 Å². The fourth-order valence-corrected chi connectivity index (χ4v) is 3.03. The number of hydrogen-bond acceptors (Lipinski definition) is 6. The third-order valence-corrected chi connectivity index (χ3v) is 4.70. The molecule has 0 atom stereocenters. The number of ketones is 1. The minimum atomic E-state index is -0.499. The first-order valence-corrected chi connectivity index (χ1v) is 9.24. The number of Topliss-reactive ketones (excluding diaryl/α,β-unsaturated/α-hetero) is 1. The molecule has 0 amide bonds. The fourth-order valence-electron chi connectivity index (χ4n) is 3.03. The number of aryl methyl sites for hydroxylation is 1. The van der Waals surface area contributed by atoms with Crippen molar-refractivity contribution in [3.63, 3.8) is 0 Å². The van der Waals surface area contributed by atoms with E-state index in [2.05, 4.69) is 9.97 Å². The maximum atomic E-state index is 12.4. The minimum absolute atomic E-state index is 0.0818. The van der Waals surface area contributed by atoms with Gasteiger partial charge in [0.05, 0.1) is 27.8 Å². The molecular weight excluding hydrogens is 382 g/mol. The van der Waals surface area contributed by atoms with Crippen LogP contribution < -0.4 is 4.74 Å². The summed E-state index contributed by atoms with van der Waals surface area (Å²) in [6.07, 6.45) is 1.71. The van der Waals surface area contributed by atoms with Crippen LogP contribution in [0.4, 0.5) is 5.69 Å². The molecule has 4 rings (SSSR count). The van der Waals surface area contributed by atoms with E-state index in [1.54, 1.807) is 37.4 Å². The SMILES string of the molecule is Cc1ccc(C(=O)COc2ccc(-c3cnc4ccccc4n3)cc2)cc1[N+](=O)[O-]. The van der Waals surface area contributed by atoms with Crippen molar-refractivity contribution in [1.82, 2.24) is 9.97 Å². The Bertz CT molecular complexity index is 1250. The maximum absolute atomic E-state index is 12.4. The van der Waals surface area contributed by atoms with Gasteiger partial charge in [0.25, 0.3) is 5.69 Å². The number of carbonyl (C=O) groups is 1. The molecule has 1 aromatic heterocycles. The number of hydrogen-bond donors (Lipinski definition) is 0. The fraction of sp³-hybridized carbons (Fsp3) is 0.0870. The van der Waals surface area contributed by atoms with Crippen LogP contribution in [-0.4, -0.2) is 27.3 Å². The lowest BCUT2D eigenvalue weighted by atomic mass is 10.1. The molecule has 0 unspecified atom stereocenters. The summed E-state index contributed by atoms with van der Waals surface area (Å²) in [4.78, 5) is 31.9. The highest BCUT2D eigenvalue weighted by Crippen LogP contribution is 2.23. The lowest BCUT2D eigenvalue weighted by molar-refractivity contribution is -0.385. The van der Waals surface area contributed by atoms with Gasteiger partial charge in [-0.15, -0.1) is 0 Å². The predicted molar refractivity (Wildman–Crippen MR) is 113 cm³/mol. The first-order chi connectivity index (χ1) is 14.5. The van der Waals surface area contributed by atoms with Gasteiger partial charge in [0.1, 0.15) is 5.75 Å². The maximum Gasteiger partial charge on any atom is 0.273 e. The normalized spacial score (nSPS) is 10.7. The van der Waals surface area contributed by atoms with Gasteiger partial charge >= 0.3 is 0 Å². The lowest BCUT2D eigenvalue weighted by Gasteiger charge is -2.08. The molecule has 0 N–H and O–H groups in total. The predicted octanol–water partition coefficient (Wildman–Crippen LogP) is 4.78. The highest BCUT2D eigenvalue weighted by molar-refractivity contribution is 5.98. The van der Waals surface area contributed by atoms with Gasteiger partial charge in [-0.05, 0) is 43.3 Å². The Hall–Kier alpha value is -4.13. The van der Waals surface area contributed by atoms with Gasteiger partial charge in [-0.2, -0.15) is 0 Å². The molecule has 0 saturated carbocycles. The number of nitro benzene ring substituents is 1. The van der Waals surface area contributed by atoms with E-state index in [0.717, 1.165) is 22.3 Å². The molecule has 1 heterocycles. The Labute approximate surface area is 172 Å². The molecule has 148 valence electrons. The van der Waals surface area contributed by atoms with Crippen molar-refractivity contribution >= 4 is 22.5 Å². The minimum Gasteiger partial charge on any atom is -0.485 e. The van der Waals surface area contributed by atoms with Gasteiger partial charge in [-0.1, -0.05) is 24.3 Å². The molecule has 0 aliphatic heterocycles. The quantitative estimate of drug-likeness (QED) is 0.263. The highest BCUT2D eigenvalue weighted by atomic mass is 16.6. The molecule has 0 fully saturated rings. The number of benzene rings is 3. The van der Waals surface area contributed by atoms with E-state index in [1.165, 1.54) is 6.07 Å². The Balaban J connectivity index is 1.45. The van der Waals surface area contributed by atoms with Crippen molar-refractivity contribution in [3.8, 4) is 17.0 Å². The summed E-state index contributed by atoms with van der Waals surface area (Å²) in [5, 5.41) is 11.1. The number of para-hydroxylation sites is 2. The number of aromatic nitrogens is 2. The van der Waals surface area contributed by atoms with Crippen LogP contribution in [0, 0.1) is 17.0 Å². The van der Waals surface area contributed by atoms with E-state index in [0.29, 0.717) is 11.3 Å². The van der Waals surface area contributed by atoms with Gasteiger partial charge in [0, 0.05) is 22.8 Å². The molecule has 0 bridgehead atoms. The largest absolute Gasteiger partial charge is 0.485 e. The zero-order valence-corrected chi connectivity index (χ0v) is 16.1. The van der Waals surface area contributed by atoms with Crippen LogP contribution in [-0.2, 0) is 0 Å². The number of nitro groups is 1. The number of fused-ring (bicyclic) bond motifs is 1. The van der Waals surface area contributed by atoms with Crippen molar-refractivity contribution in [3.05, 3.63) is 94.2 Å². The smallest absolute Gasteiger partial charge is 0.273 e. The summed E-state index contributed by atoms with van der Waals surface area (Å²) in [6.45, 7) is 1.42. The summed E-state index contributed by atoms with van der Waals surface area (Å²) in [7, 11) is 0. The van der Waals surface area contributed by atoms with E-state index in [1.807, 2.05) is 36.4 Å². The number of ether oxygens (including phenoxy) is 1. The molecule has 30 heavy (non-hydrogen) atoms. The summed E-state index contributed by atoms with van der Waals surface area (Å²) in [6, 6.07) is 19.2. The summed E-state index contributed by atoms with van der Waals surface area (Å²) < 4.78 is 5.56. The number of carbonyl (C=O) groups excluding carboxylic acids is 1. The van der Waals surface area contributed by atoms with E-state index < -0.39 is 4.92 Å². The Morgan fingerprint density at radius 3 is 2.50 bits per heavy atom. The third-order valence-electron chi connectivity index (χ3n) is 4.70. The van der Waals surface area contributed by atoms with Crippen molar-refractivity contribution < 1.29 is 14.5 Å². The van der Waals surface area contributed by atoms with E-state index >= 15 is 0 Å². The van der Waals surface area contributed by atoms with E-state index in [9.17, 15) is 14.9 Å². The summed E-state index contributed by atoms with van der Waals surface area (Å²) in [5.74, 6) is 0.185. The van der Waals surface area contributed by atoms with Crippen LogP contribution in [0.5, 0.6) is 5.75 Å². The molecule has 0 spiro atoms. The summed E-state index contributed by atoms with van der Waals surface area (Å²) in [5.41, 5.74) is 3.93. The molecule has 7 nitrogen and oxygen atoms in total. The Kier molecular flexibility index (Phi) is 5.17. The highest BCUT2D eigenvalue weighted by Gasteiger charge is 2.15. The van der Waals surface area contributed by atoms with Crippen LogP contribution in [0.1, 0.15) is 15.9 Å². The monoisotopic (exact) mass is 399 g/mol. The van der Waals surface area contributed by atoms with Gasteiger partial charge < -0.3 is 4.74 Å². The van der Waals surface area contributed by atoms with Crippen molar-refractivity contribution in [1.29, 1.82) is 0 Å². The van der Waals surface area contributed by atoms with Crippen LogP contribution in [0.3, 0.4) is 0 Å². The Morgan fingerprint density at radius 1 is 1.03 bits per heavy atom. The first-order valence-electron chi connectivity index (χ1n) is 9.24. The average Bonchev–Trinajstić information content (AvgIpc) is 2.77. The second kappa shape index (κ2) is 8.08. The molecule has 3 aromatic carbocycles. The molecule has 7 heteroatoms. The number of rotatable bonds is 6. The van der Waals surface area contributed by atoms with Gasteiger partial charge in [0.2, 0.25) is 0 Å².